The molecular formula is C15H18N2OS. The molecule has 3 atom stereocenters. The summed E-state index contributed by atoms with van der Waals surface area (Å²) in [6.07, 6.45) is 0.907. The number of nitrogens with one attached hydrogen (secondary N) is 1. The Morgan fingerprint density at radius 3 is 2.68 bits per heavy atom. The zero-order chi connectivity index (χ0) is 12.8. The maximum atomic E-state index is 12.6. The number of thioether (sulfide) groups is 1. The van der Waals surface area contributed by atoms with Crippen molar-refractivity contribution in [1.82, 2.24) is 10.2 Å². The number of benzene rings is 1. The molecule has 1 amide bonds. The van der Waals surface area contributed by atoms with Crippen LogP contribution in [-0.4, -0.2) is 42.2 Å². The van der Waals surface area contributed by atoms with Crippen LogP contribution in [0.2, 0.25) is 0 Å². The third-order valence-corrected chi connectivity index (χ3v) is 5.93. The number of amides is 1. The maximum Gasteiger partial charge on any atom is 0.236 e. The molecule has 0 aromatic heterocycles. The number of carbonyl (C=O) groups excluding carboxylic acids is 1. The number of hydrogen-bond acceptors (Lipinski definition) is 3. The highest BCUT2D eigenvalue weighted by atomic mass is 32.2. The third-order valence-electron chi connectivity index (χ3n) is 4.62. The van der Waals surface area contributed by atoms with Crippen molar-refractivity contribution in [3.63, 3.8) is 0 Å². The van der Waals surface area contributed by atoms with Crippen LogP contribution in [0.4, 0.5) is 0 Å². The molecule has 4 heteroatoms. The lowest BCUT2D eigenvalue weighted by Crippen LogP contribution is -2.37. The van der Waals surface area contributed by atoms with Gasteiger partial charge in [0, 0.05) is 31.1 Å². The van der Waals surface area contributed by atoms with E-state index in [0.29, 0.717) is 17.7 Å². The lowest BCUT2D eigenvalue weighted by atomic mass is 10.0. The summed E-state index contributed by atoms with van der Waals surface area (Å²) in [6, 6.07) is 8.41. The number of hydrogen-bond donors (Lipinski definition) is 1. The van der Waals surface area contributed by atoms with Crippen molar-refractivity contribution >= 4 is 17.7 Å². The molecule has 4 rings (SSSR count). The SMILES string of the molecule is O=C(C1Cc2ccccc2S1)N1CC2CNCC2C1. The molecule has 2 saturated heterocycles. The topological polar surface area (TPSA) is 32.3 Å². The first-order valence-electron chi connectivity index (χ1n) is 7.05. The average molecular weight is 274 g/mol. The van der Waals surface area contributed by atoms with Gasteiger partial charge in [-0.3, -0.25) is 4.79 Å². The summed E-state index contributed by atoms with van der Waals surface area (Å²) in [7, 11) is 0. The van der Waals surface area contributed by atoms with E-state index in [-0.39, 0.29) is 5.25 Å². The Morgan fingerprint density at radius 2 is 1.95 bits per heavy atom. The van der Waals surface area contributed by atoms with Gasteiger partial charge in [0.2, 0.25) is 5.91 Å². The summed E-state index contributed by atoms with van der Waals surface area (Å²) in [5, 5.41) is 3.54. The van der Waals surface area contributed by atoms with E-state index in [2.05, 4.69) is 34.5 Å². The predicted molar refractivity (Wildman–Crippen MR) is 76.2 cm³/mol. The fraction of sp³-hybridized carbons (Fsp3) is 0.533. The minimum Gasteiger partial charge on any atom is -0.341 e. The minimum atomic E-state index is 0.115. The second-order valence-electron chi connectivity index (χ2n) is 5.84. The molecule has 3 unspecified atom stereocenters. The maximum absolute atomic E-state index is 12.6. The lowest BCUT2D eigenvalue weighted by molar-refractivity contribution is -0.129. The predicted octanol–water partition coefficient (Wildman–Crippen LogP) is 1.38. The fourth-order valence-electron chi connectivity index (χ4n) is 3.56. The molecule has 3 heterocycles. The van der Waals surface area contributed by atoms with Gasteiger partial charge in [0.05, 0.1) is 5.25 Å². The zero-order valence-electron chi connectivity index (χ0n) is 10.8. The second-order valence-corrected chi connectivity index (χ2v) is 7.08. The first-order valence-corrected chi connectivity index (χ1v) is 7.93. The summed E-state index contributed by atoms with van der Waals surface area (Å²) >= 11 is 1.75. The Kier molecular flexibility index (Phi) is 2.81. The van der Waals surface area contributed by atoms with Crippen molar-refractivity contribution in [3.05, 3.63) is 29.8 Å². The Morgan fingerprint density at radius 1 is 1.21 bits per heavy atom. The van der Waals surface area contributed by atoms with E-state index in [1.165, 1.54) is 10.5 Å². The zero-order valence-corrected chi connectivity index (χ0v) is 11.7. The normalized spacial score (nSPS) is 32.4. The van der Waals surface area contributed by atoms with Crippen molar-refractivity contribution in [3.8, 4) is 0 Å². The first-order chi connectivity index (χ1) is 9.31. The molecule has 100 valence electrons. The average Bonchev–Trinajstić information content (AvgIpc) is 3.10. The van der Waals surface area contributed by atoms with Crippen LogP contribution in [0.15, 0.2) is 29.2 Å². The Bertz CT molecular complexity index is 482. The molecule has 3 nitrogen and oxygen atoms in total. The molecule has 0 bridgehead atoms. The Hall–Kier alpha value is -1.00. The van der Waals surface area contributed by atoms with Crippen molar-refractivity contribution in [2.45, 2.75) is 16.6 Å². The van der Waals surface area contributed by atoms with Crippen LogP contribution in [0, 0.1) is 11.8 Å². The fourth-order valence-corrected chi connectivity index (χ4v) is 4.84. The number of likely N-dealkylation sites (tertiary alicyclic amines) is 1. The molecule has 0 saturated carbocycles. The van der Waals surface area contributed by atoms with E-state index in [9.17, 15) is 4.79 Å². The van der Waals surface area contributed by atoms with E-state index in [1.807, 2.05) is 0 Å². The number of carbonyl (C=O) groups is 1. The van der Waals surface area contributed by atoms with Crippen molar-refractivity contribution in [2.24, 2.45) is 11.8 Å². The molecule has 1 N–H and O–H groups in total. The molecule has 2 fully saturated rings. The standard InChI is InChI=1S/C15H18N2OS/c18-15(17-8-11-6-16-7-12(11)9-17)14-5-10-3-1-2-4-13(10)19-14/h1-4,11-12,14,16H,5-9H2. The summed E-state index contributed by atoms with van der Waals surface area (Å²) in [4.78, 5) is 16.0. The highest BCUT2D eigenvalue weighted by molar-refractivity contribution is 8.01. The molecule has 19 heavy (non-hydrogen) atoms. The molecule has 1 aromatic carbocycles. The van der Waals surface area contributed by atoms with Gasteiger partial charge in [0.1, 0.15) is 0 Å². The van der Waals surface area contributed by atoms with Crippen LogP contribution < -0.4 is 5.32 Å². The molecule has 0 radical (unpaired) electrons. The van der Waals surface area contributed by atoms with Gasteiger partial charge in [0.25, 0.3) is 0 Å². The van der Waals surface area contributed by atoms with Gasteiger partial charge in [-0.1, -0.05) is 18.2 Å². The number of nitrogens with zero attached hydrogens (tertiary/aromatic N) is 1. The van der Waals surface area contributed by atoms with Gasteiger partial charge in [-0.2, -0.15) is 0 Å². The van der Waals surface area contributed by atoms with Gasteiger partial charge in [0.15, 0.2) is 0 Å². The number of fused-ring (bicyclic) bond motifs is 2. The molecule has 0 aliphatic carbocycles. The highest BCUT2D eigenvalue weighted by Crippen LogP contribution is 2.38. The summed E-state index contributed by atoms with van der Waals surface area (Å²) in [5.41, 5.74) is 1.34. The lowest BCUT2D eigenvalue weighted by Gasteiger charge is -2.20. The van der Waals surface area contributed by atoms with Gasteiger partial charge < -0.3 is 10.2 Å². The van der Waals surface area contributed by atoms with E-state index >= 15 is 0 Å². The third kappa shape index (κ3) is 1.98. The van der Waals surface area contributed by atoms with Crippen molar-refractivity contribution in [1.29, 1.82) is 0 Å². The van der Waals surface area contributed by atoms with Crippen LogP contribution in [0.25, 0.3) is 0 Å². The second kappa shape index (κ2) is 4.53. The molecule has 1 aromatic rings. The van der Waals surface area contributed by atoms with Gasteiger partial charge in [-0.25, -0.2) is 0 Å². The van der Waals surface area contributed by atoms with Crippen LogP contribution in [-0.2, 0) is 11.2 Å². The van der Waals surface area contributed by atoms with E-state index in [1.54, 1.807) is 11.8 Å². The smallest absolute Gasteiger partial charge is 0.236 e. The quantitative estimate of drug-likeness (QED) is 0.840. The monoisotopic (exact) mass is 274 g/mol. The van der Waals surface area contributed by atoms with E-state index < -0.39 is 0 Å². The molecular weight excluding hydrogens is 256 g/mol. The van der Waals surface area contributed by atoms with Crippen LogP contribution in [0.1, 0.15) is 5.56 Å². The Labute approximate surface area is 117 Å². The molecule has 0 spiro atoms. The summed E-state index contributed by atoms with van der Waals surface area (Å²) in [6.45, 7) is 4.10. The van der Waals surface area contributed by atoms with E-state index in [0.717, 1.165) is 32.6 Å². The van der Waals surface area contributed by atoms with Gasteiger partial charge >= 0.3 is 0 Å². The number of rotatable bonds is 1. The minimum absolute atomic E-state index is 0.115. The summed E-state index contributed by atoms with van der Waals surface area (Å²) in [5.74, 6) is 1.74. The van der Waals surface area contributed by atoms with Gasteiger partial charge in [-0.05, 0) is 29.9 Å². The van der Waals surface area contributed by atoms with Gasteiger partial charge in [-0.15, -0.1) is 11.8 Å². The van der Waals surface area contributed by atoms with Crippen molar-refractivity contribution < 1.29 is 4.79 Å². The first kappa shape index (κ1) is 11.8. The van der Waals surface area contributed by atoms with Crippen molar-refractivity contribution in [2.75, 3.05) is 26.2 Å². The van der Waals surface area contributed by atoms with Crippen LogP contribution >= 0.6 is 11.8 Å². The highest BCUT2D eigenvalue weighted by Gasteiger charge is 2.41. The molecule has 3 aliphatic rings. The Balaban J connectivity index is 1.46. The molecule has 3 aliphatic heterocycles. The van der Waals surface area contributed by atoms with Crippen LogP contribution in [0.5, 0.6) is 0 Å². The van der Waals surface area contributed by atoms with Crippen LogP contribution in [0.3, 0.4) is 0 Å². The largest absolute Gasteiger partial charge is 0.341 e. The van der Waals surface area contributed by atoms with E-state index in [4.69, 9.17) is 0 Å². The summed E-state index contributed by atoms with van der Waals surface area (Å²) < 4.78 is 0.